The van der Waals surface area contributed by atoms with Gasteiger partial charge >= 0.3 is 0 Å². The van der Waals surface area contributed by atoms with E-state index in [0.717, 1.165) is 13.2 Å². The molecule has 3 N–H and O–H groups in total. The lowest BCUT2D eigenvalue weighted by atomic mass is 9.97. The number of aliphatic hydroxyl groups is 1. The molecule has 14 heavy (non-hydrogen) atoms. The molecule has 0 radical (unpaired) electrons. The van der Waals surface area contributed by atoms with Gasteiger partial charge in [0.1, 0.15) is 0 Å². The van der Waals surface area contributed by atoms with Gasteiger partial charge in [0.2, 0.25) is 0 Å². The molecule has 0 bridgehead atoms. The van der Waals surface area contributed by atoms with Crippen molar-refractivity contribution in [1.29, 1.82) is 0 Å². The summed E-state index contributed by atoms with van der Waals surface area (Å²) in [5, 5.41) is 9.27. The lowest BCUT2D eigenvalue weighted by molar-refractivity contribution is -0.0357. The van der Waals surface area contributed by atoms with E-state index in [1.807, 2.05) is 6.92 Å². The van der Waals surface area contributed by atoms with Crippen LogP contribution in [-0.2, 0) is 4.74 Å². The van der Waals surface area contributed by atoms with E-state index >= 15 is 0 Å². The van der Waals surface area contributed by atoms with Gasteiger partial charge in [-0.2, -0.15) is 0 Å². The summed E-state index contributed by atoms with van der Waals surface area (Å²) in [7, 11) is 0. The predicted molar refractivity (Wildman–Crippen MR) is 57.0 cm³/mol. The van der Waals surface area contributed by atoms with E-state index in [2.05, 4.69) is 0 Å². The lowest BCUT2D eigenvalue weighted by Crippen LogP contribution is -2.28. The molecule has 4 atom stereocenters. The second-order valence-electron chi connectivity index (χ2n) is 4.47. The topological polar surface area (TPSA) is 55.5 Å². The Kier molecular flexibility index (Phi) is 4.85. The molecule has 3 heteroatoms. The van der Waals surface area contributed by atoms with E-state index in [1.165, 1.54) is 19.3 Å². The number of ether oxygens (including phenoxy) is 1. The van der Waals surface area contributed by atoms with E-state index in [0.29, 0.717) is 11.8 Å². The zero-order chi connectivity index (χ0) is 10.6. The van der Waals surface area contributed by atoms with Gasteiger partial charge in [0.05, 0.1) is 18.8 Å². The summed E-state index contributed by atoms with van der Waals surface area (Å²) in [4.78, 5) is 0. The van der Waals surface area contributed by atoms with Crippen molar-refractivity contribution in [3.05, 3.63) is 0 Å². The molecule has 0 aromatic carbocycles. The van der Waals surface area contributed by atoms with E-state index < -0.39 is 0 Å². The maximum absolute atomic E-state index is 9.27. The van der Waals surface area contributed by atoms with Crippen molar-refractivity contribution in [2.24, 2.45) is 17.6 Å². The molecule has 0 heterocycles. The van der Waals surface area contributed by atoms with Gasteiger partial charge in [-0.3, -0.25) is 0 Å². The summed E-state index contributed by atoms with van der Waals surface area (Å²) in [6, 6.07) is 0. The molecule has 0 aromatic rings. The van der Waals surface area contributed by atoms with Crippen molar-refractivity contribution in [2.75, 3.05) is 13.2 Å². The van der Waals surface area contributed by atoms with Gasteiger partial charge in [-0.15, -0.1) is 0 Å². The molecule has 1 saturated carbocycles. The van der Waals surface area contributed by atoms with Gasteiger partial charge in [0.15, 0.2) is 0 Å². The maximum Gasteiger partial charge on any atom is 0.0803 e. The van der Waals surface area contributed by atoms with Crippen molar-refractivity contribution in [2.45, 2.75) is 45.3 Å². The minimum Gasteiger partial charge on any atom is -0.391 e. The molecule has 1 aliphatic rings. The molecule has 4 unspecified atom stereocenters. The fourth-order valence-electron chi connectivity index (χ4n) is 2.06. The average molecular weight is 201 g/mol. The summed E-state index contributed by atoms with van der Waals surface area (Å²) in [6.07, 6.45) is 3.31. The Labute approximate surface area is 86.6 Å². The summed E-state index contributed by atoms with van der Waals surface area (Å²) in [5.74, 6) is 1.25. The van der Waals surface area contributed by atoms with Gasteiger partial charge in [-0.25, -0.2) is 0 Å². The highest BCUT2D eigenvalue weighted by atomic mass is 16.5. The van der Waals surface area contributed by atoms with Crippen LogP contribution in [-0.4, -0.2) is 30.5 Å². The first kappa shape index (κ1) is 12.0. The smallest absolute Gasteiger partial charge is 0.0803 e. The molecular formula is C11H23NO2. The Hall–Kier alpha value is -0.120. The van der Waals surface area contributed by atoms with Crippen LogP contribution in [0.2, 0.25) is 0 Å². The molecule has 0 aliphatic heterocycles. The molecule has 1 rings (SSSR count). The summed E-state index contributed by atoms with van der Waals surface area (Å²) in [6.45, 7) is 5.21. The third-order valence-electron chi connectivity index (χ3n) is 3.37. The lowest BCUT2D eigenvalue weighted by Gasteiger charge is -2.22. The minimum atomic E-state index is -0.382. The zero-order valence-electron chi connectivity index (χ0n) is 9.28. The highest BCUT2D eigenvalue weighted by Crippen LogP contribution is 2.31. The fraction of sp³-hybridized carbons (Fsp3) is 1.00. The average Bonchev–Trinajstić information content (AvgIpc) is 2.60. The van der Waals surface area contributed by atoms with Gasteiger partial charge in [0, 0.05) is 0 Å². The monoisotopic (exact) mass is 201 g/mol. The van der Waals surface area contributed by atoms with Crippen LogP contribution in [0.4, 0.5) is 0 Å². The fourth-order valence-corrected chi connectivity index (χ4v) is 2.06. The van der Waals surface area contributed by atoms with Crippen LogP contribution in [0.5, 0.6) is 0 Å². The molecular weight excluding hydrogens is 178 g/mol. The Morgan fingerprint density at radius 2 is 2.00 bits per heavy atom. The van der Waals surface area contributed by atoms with Gasteiger partial charge in [-0.05, 0) is 45.1 Å². The molecule has 0 spiro atoms. The van der Waals surface area contributed by atoms with Gasteiger partial charge in [-0.1, -0.05) is 6.42 Å². The highest BCUT2D eigenvalue weighted by molar-refractivity contribution is 4.78. The largest absolute Gasteiger partial charge is 0.391 e. The molecule has 1 aliphatic carbocycles. The van der Waals surface area contributed by atoms with Crippen LogP contribution < -0.4 is 5.73 Å². The number of nitrogens with two attached hydrogens (primary N) is 1. The highest BCUT2D eigenvalue weighted by Gasteiger charge is 2.26. The van der Waals surface area contributed by atoms with E-state index in [-0.39, 0.29) is 12.2 Å². The van der Waals surface area contributed by atoms with Gasteiger partial charge in [0.25, 0.3) is 0 Å². The summed E-state index contributed by atoms with van der Waals surface area (Å²) < 4.78 is 5.61. The van der Waals surface area contributed by atoms with Crippen molar-refractivity contribution in [3.8, 4) is 0 Å². The first-order valence-corrected chi connectivity index (χ1v) is 5.65. The van der Waals surface area contributed by atoms with Crippen LogP contribution in [0.25, 0.3) is 0 Å². The molecule has 0 amide bonds. The molecule has 84 valence electrons. The third kappa shape index (κ3) is 3.23. The second-order valence-corrected chi connectivity index (χ2v) is 4.47. The van der Waals surface area contributed by atoms with Crippen LogP contribution >= 0.6 is 0 Å². The summed E-state index contributed by atoms with van der Waals surface area (Å²) in [5.41, 5.74) is 5.69. The maximum atomic E-state index is 9.27. The number of hydrogen-bond donors (Lipinski definition) is 2. The standard InChI is InChI=1S/C11H23NO2/c1-8(13)9(2)14-7-11-5-3-4-10(11)6-12/h8-11,13H,3-7,12H2,1-2H3. The Morgan fingerprint density at radius 3 is 2.57 bits per heavy atom. The second kappa shape index (κ2) is 5.69. The Bertz CT molecular complexity index is 161. The van der Waals surface area contributed by atoms with Crippen LogP contribution in [0.15, 0.2) is 0 Å². The molecule has 1 fully saturated rings. The van der Waals surface area contributed by atoms with E-state index in [4.69, 9.17) is 10.5 Å². The third-order valence-corrected chi connectivity index (χ3v) is 3.37. The number of hydrogen-bond acceptors (Lipinski definition) is 3. The Balaban J connectivity index is 2.23. The van der Waals surface area contributed by atoms with Crippen molar-refractivity contribution < 1.29 is 9.84 Å². The van der Waals surface area contributed by atoms with E-state index in [1.54, 1.807) is 6.92 Å². The molecule has 0 aromatic heterocycles. The van der Waals surface area contributed by atoms with Crippen molar-refractivity contribution in [1.82, 2.24) is 0 Å². The quantitative estimate of drug-likeness (QED) is 0.701. The Morgan fingerprint density at radius 1 is 1.36 bits per heavy atom. The molecule has 0 saturated heterocycles. The first-order chi connectivity index (χ1) is 6.65. The predicted octanol–water partition coefficient (Wildman–Crippen LogP) is 1.15. The SMILES string of the molecule is CC(O)C(C)OCC1CCCC1CN. The van der Waals surface area contributed by atoms with Crippen LogP contribution in [0, 0.1) is 11.8 Å². The summed E-state index contributed by atoms with van der Waals surface area (Å²) >= 11 is 0. The zero-order valence-corrected chi connectivity index (χ0v) is 9.28. The van der Waals surface area contributed by atoms with Crippen LogP contribution in [0.3, 0.4) is 0 Å². The first-order valence-electron chi connectivity index (χ1n) is 5.65. The number of rotatable bonds is 5. The molecule has 3 nitrogen and oxygen atoms in total. The van der Waals surface area contributed by atoms with Gasteiger partial charge < -0.3 is 15.6 Å². The number of aliphatic hydroxyl groups excluding tert-OH is 1. The minimum absolute atomic E-state index is 0.0611. The normalized spacial score (nSPS) is 31.7. The van der Waals surface area contributed by atoms with Crippen molar-refractivity contribution in [3.63, 3.8) is 0 Å². The van der Waals surface area contributed by atoms with Crippen molar-refractivity contribution >= 4 is 0 Å². The van der Waals surface area contributed by atoms with Crippen LogP contribution in [0.1, 0.15) is 33.1 Å². The van der Waals surface area contributed by atoms with E-state index in [9.17, 15) is 5.11 Å².